The van der Waals surface area contributed by atoms with Crippen LogP contribution >= 0.6 is 59.0 Å². The summed E-state index contributed by atoms with van der Waals surface area (Å²) in [6.07, 6.45) is 5.03. The maximum Gasteiger partial charge on any atom is 1.00 e. The molecule has 0 aliphatic carbocycles. The quantitative estimate of drug-likeness (QED) is 0.0142. The van der Waals surface area contributed by atoms with Crippen molar-refractivity contribution < 1.29 is 168 Å². The second-order valence-electron chi connectivity index (χ2n) is 31.9. The number of rotatable bonds is 24. The number of imidazole rings is 2. The van der Waals surface area contributed by atoms with E-state index >= 15 is 0 Å². The van der Waals surface area contributed by atoms with Crippen molar-refractivity contribution in [3.05, 3.63) is 455 Å². The summed E-state index contributed by atoms with van der Waals surface area (Å²) in [5.41, 5.74) is 10.6. The molecule has 0 unspecified atom stereocenters. The van der Waals surface area contributed by atoms with Gasteiger partial charge in [0.25, 0.3) is 6.47 Å². The topological polar surface area (TPSA) is 156 Å². The van der Waals surface area contributed by atoms with Crippen LogP contribution in [0.15, 0.2) is 410 Å². The van der Waals surface area contributed by atoms with Crippen LogP contribution in [0.5, 0.6) is 11.5 Å². The van der Waals surface area contributed by atoms with Gasteiger partial charge in [-0.25, -0.2) is 19.6 Å². The fourth-order valence-corrected chi connectivity index (χ4v) is 26.5. The smallest absolute Gasteiger partial charge is 1.00 e. The third-order valence-corrected chi connectivity index (χ3v) is 32.8. The van der Waals surface area contributed by atoms with Crippen molar-refractivity contribution in [2.24, 2.45) is 11.8 Å². The largest absolute Gasteiger partial charge is 1.00 e. The molecule has 17 aromatic rings. The molecule has 0 atom stereocenters. The van der Waals surface area contributed by atoms with Crippen LogP contribution in [0.3, 0.4) is 0 Å². The monoisotopic (exact) mass is 2110 g/mol. The van der Waals surface area contributed by atoms with Crippen LogP contribution in [0.25, 0.3) is 22.8 Å². The molecule has 2 aliphatic rings. The van der Waals surface area contributed by atoms with Crippen LogP contribution in [-0.4, -0.2) is 64.9 Å². The molecule has 0 saturated carbocycles. The van der Waals surface area contributed by atoms with Crippen LogP contribution in [0.4, 0.5) is 0 Å². The average molecular weight is 2110 g/mol. The van der Waals surface area contributed by atoms with Crippen LogP contribution in [-0.2, 0) is 78.1 Å². The minimum Gasteiger partial charge on any atom is -1.00 e. The predicted molar refractivity (Wildman–Crippen MR) is 564 cm³/mol. The molecular formula is C115H111BrK2N4O9P4PdS. The zero-order valence-corrected chi connectivity index (χ0v) is 92.7. The third kappa shape index (κ3) is 30.7. The van der Waals surface area contributed by atoms with Crippen molar-refractivity contribution in [1.82, 2.24) is 19.1 Å². The van der Waals surface area contributed by atoms with E-state index < -0.39 is 31.7 Å². The van der Waals surface area contributed by atoms with Gasteiger partial charge in [-0.1, -0.05) is 392 Å². The first-order valence-corrected chi connectivity index (χ1v) is 52.0. The normalized spacial score (nSPS) is 11.0. The summed E-state index contributed by atoms with van der Waals surface area (Å²) in [5.74, 6) is 2.98. The molecule has 0 spiro atoms. The van der Waals surface area contributed by atoms with Gasteiger partial charge in [0.1, 0.15) is 17.3 Å². The van der Waals surface area contributed by atoms with Gasteiger partial charge in [-0.05, 0) is 233 Å². The summed E-state index contributed by atoms with van der Waals surface area (Å²) in [4.78, 5) is 45.2. The van der Waals surface area contributed by atoms with Crippen LogP contribution in [0, 0.1) is 11.8 Å². The SMILES string of the molecule is CCOC(=O)c1nc(-c2ccsc2)n2c1CCc1cc(OC)c(CC(C)C)cc1-2.CCOC(=O)c1nc(Br)n2c1CCc1cc(OC)c(CC(C)C)cc1-2.O=CO[O-].[H-].[K+].[K+].[Pd].c1ccc(P(c2ccccc2)c2ccccc2)cc1.c1ccc(P(c2ccccc2)c2ccccc2)cc1.c1ccc(P(c2ccccc2)c2ccccc2)cc1.c1ccc(P(c2ccccc2)c2ccccc2)cc1. The first-order valence-electron chi connectivity index (χ1n) is 44.9. The van der Waals surface area contributed by atoms with E-state index in [1.807, 2.05) is 22.9 Å². The van der Waals surface area contributed by atoms with Gasteiger partial charge in [0, 0.05) is 31.4 Å². The van der Waals surface area contributed by atoms with Gasteiger partial charge < -0.3 is 30.5 Å². The number of carbonyl (C=O) groups excluding carboxylic acids is 3. The van der Waals surface area contributed by atoms with Gasteiger partial charge in [0.2, 0.25) is 0 Å². The molecule has 0 N–H and O–H groups in total. The number of halogens is 1. The molecule has 22 heteroatoms. The van der Waals surface area contributed by atoms with E-state index in [1.165, 1.54) is 85.9 Å². The van der Waals surface area contributed by atoms with E-state index in [0.29, 0.717) is 41.2 Å². The number of methoxy groups -OCH3 is 2. The Morgan fingerprint density at radius 1 is 0.394 bits per heavy atom. The van der Waals surface area contributed by atoms with Gasteiger partial charge >= 0.3 is 115 Å². The number of thiophene rings is 1. The van der Waals surface area contributed by atoms with Crippen molar-refractivity contribution in [3.8, 4) is 34.3 Å². The van der Waals surface area contributed by atoms with E-state index in [2.05, 4.69) is 452 Å². The molecule has 0 radical (unpaired) electrons. The van der Waals surface area contributed by atoms with E-state index in [-0.39, 0.29) is 143 Å². The molecule has 5 heterocycles. The Balaban J connectivity index is 0.000000184. The van der Waals surface area contributed by atoms with E-state index in [4.69, 9.17) is 34.0 Å². The Morgan fingerprint density at radius 2 is 0.635 bits per heavy atom. The Labute approximate surface area is 925 Å². The summed E-state index contributed by atoms with van der Waals surface area (Å²) < 4.78 is 26.5. The number of ether oxygens (including phenoxy) is 4. The Bertz CT molecular complexity index is 5610. The second kappa shape index (κ2) is 58.5. The summed E-state index contributed by atoms with van der Waals surface area (Å²) in [6.45, 7) is 12.9. The molecule has 0 amide bonds. The van der Waals surface area contributed by atoms with Crippen molar-refractivity contribution in [2.75, 3.05) is 27.4 Å². The number of fused-ring (bicyclic) bond motifs is 6. The summed E-state index contributed by atoms with van der Waals surface area (Å²) in [5, 5.41) is 29.3. The fourth-order valence-electron chi connectivity index (χ4n) is 16.1. The van der Waals surface area contributed by atoms with Crippen molar-refractivity contribution >= 4 is 141 Å². The molecule has 0 bridgehead atoms. The number of hydrogen-bond donors (Lipinski definition) is 0. The summed E-state index contributed by atoms with van der Waals surface area (Å²) >= 11 is 5.14. The number of aromatic nitrogens is 4. The van der Waals surface area contributed by atoms with Gasteiger partial charge in [-0.15, -0.1) is 0 Å². The maximum absolute atomic E-state index is 12.6. The Morgan fingerprint density at radius 3 is 0.854 bits per heavy atom. The number of benzene rings is 14. The van der Waals surface area contributed by atoms with Gasteiger partial charge in [0.05, 0.1) is 50.2 Å². The maximum atomic E-state index is 12.6. The fraction of sp³-hybridized carbons (Fsp3) is 0.157. The number of hydrogen-bond acceptors (Lipinski definition) is 12. The standard InChI is InChI=1S/C23H26N2O3S.C19H23BrN2O3.4C18H15P.CH2O3.2K.Pd.H/c1-5-28-23(26)21-18-7-6-15-12-20(27-4)17(10-14(2)3)11-19(15)25(18)22(24-21)16-8-9-29-13-16;1-5-25-18(23)17-14-7-6-12-10-16(24-4)13(8-11(2)3)9-15(12)22(14)19(20)21-17;4*1-4-10-16(11-5-1)19(17-12-6-2-7-13-17)18-14-8-3-9-15-18;2-1-4-3;;;;/h8-9,11-14H,5-7,10H2,1-4H3;9-11H,5-8H2,1-4H3;4*1-15H;1,3H;;;;/q;;;;;;;2*+1;;-1/p-1. The molecule has 0 saturated heterocycles. The molecule has 13 nitrogen and oxygen atoms in total. The summed E-state index contributed by atoms with van der Waals surface area (Å²) in [7, 11) is 1.66. The zero-order chi connectivity index (χ0) is 93.8. The minimum atomic E-state index is -0.446. The number of nitrogens with zero attached hydrogens (tertiary/aromatic N) is 4. The Hall–Kier alpha value is -8.69. The molecule has 19 rings (SSSR count). The van der Waals surface area contributed by atoms with Gasteiger partial charge in [0.15, 0.2) is 16.1 Å². The van der Waals surface area contributed by atoms with Gasteiger partial charge in [-0.2, -0.15) is 11.3 Å². The molecule has 0 fully saturated rings. The molecular weight excluding hydrogens is 2000 g/mol. The van der Waals surface area contributed by atoms with Crippen molar-refractivity contribution in [1.29, 1.82) is 0 Å². The zero-order valence-electron chi connectivity index (χ0n) is 79.9. The number of aryl methyl sites for hydroxylation is 2. The van der Waals surface area contributed by atoms with Crippen LogP contribution < -0.4 is 181 Å². The predicted octanol–water partition coefficient (Wildman–Crippen LogP) is 15.5. The van der Waals surface area contributed by atoms with E-state index in [9.17, 15) is 9.59 Å². The first kappa shape index (κ1) is 110. The average Bonchev–Trinajstić information content (AvgIpc) is 1.59. The van der Waals surface area contributed by atoms with Crippen LogP contribution in [0.2, 0.25) is 0 Å². The van der Waals surface area contributed by atoms with Gasteiger partial charge in [-0.3, -0.25) is 13.9 Å². The Kier molecular flexibility index (Phi) is 47.1. The molecule has 2 aliphatic heterocycles. The molecule has 690 valence electrons. The second-order valence-corrected chi connectivity index (χ2v) is 42.2. The van der Waals surface area contributed by atoms with E-state index in [0.717, 1.165) is 84.2 Å². The third-order valence-electron chi connectivity index (χ3n) is 21.8. The molecule has 14 aromatic carbocycles. The first-order chi connectivity index (χ1) is 65.7. The molecule has 137 heavy (non-hydrogen) atoms. The number of esters is 2. The minimum absolute atomic E-state index is 0. The van der Waals surface area contributed by atoms with Crippen LogP contribution in [0.1, 0.15) is 97.6 Å². The summed E-state index contributed by atoms with van der Waals surface area (Å²) in [6, 6.07) is 140. The molecule has 3 aromatic heterocycles. The van der Waals surface area contributed by atoms with Crippen molar-refractivity contribution in [3.63, 3.8) is 0 Å². The van der Waals surface area contributed by atoms with E-state index in [1.54, 1.807) is 32.5 Å². The van der Waals surface area contributed by atoms with Crippen molar-refractivity contribution in [2.45, 2.75) is 80.1 Å². The number of carbonyl (C=O) groups is 3.